The van der Waals surface area contributed by atoms with E-state index in [2.05, 4.69) is 0 Å². The maximum Gasteiger partial charge on any atom is 0.339 e. The Morgan fingerprint density at radius 1 is 1.35 bits per heavy atom. The molecular formula is C17H24O6. The molecule has 0 aliphatic rings. The first-order valence-corrected chi connectivity index (χ1v) is 7.66. The zero-order chi connectivity index (χ0) is 17.4. The van der Waals surface area contributed by atoms with Gasteiger partial charge in [-0.05, 0) is 31.9 Å². The molecule has 0 aliphatic carbocycles. The summed E-state index contributed by atoms with van der Waals surface area (Å²) >= 11 is 0. The van der Waals surface area contributed by atoms with E-state index in [0.717, 1.165) is 0 Å². The van der Waals surface area contributed by atoms with Gasteiger partial charge in [0.05, 0.1) is 25.5 Å². The lowest BCUT2D eigenvalue weighted by atomic mass is 10.0. The average molecular weight is 324 g/mol. The second kappa shape index (κ2) is 9.15. The van der Waals surface area contributed by atoms with Crippen molar-refractivity contribution in [2.45, 2.75) is 40.0 Å². The van der Waals surface area contributed by atoms with Crippen LogP contribution in [0.15, 0.2) is 9.21 Å². The minimum absolute atomic E-state index is 0.108. The van der Waals surface area contributed by atoms with Gasteiger partial charge in [-0.25, -0.2) is 4.79 Å². The van der Waals surface area contributed by atoms with Gasteiger partial charge in [0.1, 0.15) is 11.2 Å². The van der Waals surface area contributed by atoms with Crippen molar-refractivity contribution in [3.63, 3.8) is 0 Å². The molecule has 0 spiro atoms. The predicted octanol–water partition coefficient (Wildman–Crippen LogP) is 0.381. The first-order valence-electron chi connectivity index (χ1n) is 7.66. The molecule has 0 aliphatic heterocycles. The van der Waals surface area contributed by atoms with Crippen molar-refractivity contribution in [3.05, 3.63) is 32.2 Å². The second-order valence-corrected chi connectivity index (χ2v) is 4.90. The first-order chi connectivity index (χ1) is 11.0. The summed E-state index contributed by atoms with van der Waals surface area (Å²) in [5, 5.41) is 9.78. The molecule has 0 saturated heterocycles. The molecule has 0 saturated carbocycles. The van der Waals surface area contributed by atoms with Gasteiger partial charge in [-0.3, -0.25) is 4.79 Å². The van der Waals surface area contributed by atoms with E-state index in [0.29, 0.717) is 35.1 Å². The monoisotopic (exact) mass is 324 g/mol. The Balaban J connectivity index is 3.49. The van der Waals surface area contributed by atoms with Crippen LogP contribution in [0.4, 0.5) is 0 Å². The minimum atomic E-state index is -0.512. The zero-order valence-electron chi connectivity index (χ0n) is 14.1. The fourth-order valence-corrected chi connectivity index (χ4v) is 2.45. The number of aliphatic hydroxyl groups excluding tert-OH is 1. The number of rotatable bonds is 7. The van der Waals surface area contributed by atoms with Crippen LogP contribution < -0.4 is 16.3 Å². The van der Waals surface area contributed by atoms with E-state index < -0.39 is 5.63 Å². The summed E-state index contributed by atoms with van der Waals surface area (Å²) in [7, 11) is 1.55. The highest BCUT2D eigenvalue weighted by Gasteiger charge is 2.14. The summed E-state index contributed by atoms with van der Waals surface area (Å²) < 4.78 is 15.6. The molecule has 1 heterocycles. The molecule has 0 aromatic carbocycles. The summed E-state index contributed by atoms with van der Waals surface area (Å²) in [5.74, 6) is 0.300. The highest BCUT2D eigenvalue weighted by Crippen LogP contribution is 2.05. The van der Waals surface area contributed by atoms with Crippen LogP contribution in [0.2, 0.25) is 0 Å². The normalized spacial score (nSPS) is 13.0. The van der Waals surface area contributed by atoms with Gasteiger partial charge in [-0.2, -0.15) is 0 Å². The largest absolute Gasteiger partial charge is 0.500 e. The fraction of sp³-hybridized carbons (Fsp3) is 0.529. The van der Waals surface area contributed by atoms with E-state index in [1.54, 1.807) is 21.0 Å². The topological polar surface area (TPSA) is 86.0 Å². The van der Waals surface area contributed by atoms with E-state index in [1.807, 2.05) is 6.92 Å². The van der Waals surface area contributed by atoms with Crippen molar-refractivity contribution in [2.75, 3.05) is 20.3 Å². The Bertz CT molecular complexity index is 708. The van der Waals surface area contributed by atoms with Crippen molar-refractivity contribution < 1.29 is 23.8 Å². The molecule has 0 fully saturated rings. The van der Waals surface area contributed by atoms with Crippen molar-refractivity contribution in [3.8, 4) is 0 Å². The first kappa shape index (κ1) is 19.0. The van der Waals surface area contributed by atoms with Gasteiger partial charge in [0.15, 0.2) is 0 Å². The summed E-state index contributed by atoms with van der Waals surface area (Å²) in [6, 6.07) is 0. The number of hydrogen-bond acceptors (Lipinski definition) is 6. The molecule has 0 bridgehead atoms. The van der Waals surface area contributed by atoms with Crippen molar-refractivity contribution >= 4 is 17.8 Å². The quantitative estimate of drug-likeness (QED) is 0.730. The Hall–Kier alpha value is -2.08. The Labute approximate surface area is 135 Å². The number of esters is 1. The number of methoxy groups -OCH3 is 1. The highest BCUT2D eigenvalue weighted by molar-refractivity contribution is 5.69. The lowest BCUT2D eigenvalue weighted by Gasteiger charge is -2.09. The molecule has 6 heteroatoms. The number of carbonyl (C=O) groups is 1. The minimum Gasteiger partial charge on any atom is -0.500 e. The molecule has 6 nitrogen and oxygen atoms in total. The van der Waals surface area contributed by atoms with E-state index in [4.69, 9.17) is 19.0 Å². The Morgan fingerprint density at radius 3 is 2.57 bits per heavy atom. The third-order valence-electron chi connectivity index (χ3n) is 3.53. The lowest BCUT2D eigenvalue weighted by molar-refractivity contribution is -0.143. The molecule has 0 unspecified atom stereocenters. The summed E-state index contributed by atoms with van der Waals surface area (Å²) in [5.41, 5.74) is 0.894. The van der Waals surface area contributed by atoms with Crippen LogP contribution >= 0.6 is 0 Å². The van der Waals surface area contributed by atoms with Crippen LogP contribution in [-0.4, -0.2) is 31.4 Å². The van der Waals surface area contributed by atoms with Crippen LogP contribution in [0, 0.1) is 6.92 Å². The maximum atomic E-state index is 12.2. The van der Waals surface area contributed by atoms with E-state index in [9.17, 15) is 9.59 Å². The van der Waals surface area contributed by atoms with Gasteiger partial charge >= 0.3 is 11.6 Å². The van der Waals surface area contributed by atoms with Crippen LogP contribution in [0.3, 0.4) is 0 Å². The molecule has 23 heavy (non-hydrogen) atoms. The van der Waals surface area contributed by atoms with Crippen molar-refractivity contribution in [2.24, 2.45) is 0 Å². The summed E-state index contributed by atoms with van der Waals surface area (Å²) in [4.78, 5) is 23.7. The molecule has 1 rings (SSSR count). The van der Waals surface area contributed by atoms with Crippen LogP contribution in [0.5, 0.6) is 0 Å². The van der Waals surface area contributed by atoms with Gasteiger partial charge in [-0.15, -0.1) is 0 Å². The predicted molar refractivity (Wildman–Crippen MR) is 86.2 cm³/mol. The number of carbonyl (C=O) groups excluding carboxylic acids is 1. The summed E-state index contributed by atoms with van der Waals surface area (Å²) in [6.07, 6.45) is 2.37. The van der Waals surface area contributed by atoms with Crippen LogP contribution in [-0.2, 0) is 20.7 Å². The van der Waals surface area contributed by atoms with Crippen molar-refractivity contribution in [1.82, 2.24) is 0 Å². The van der Waals surface area contributed by atoms with E-state index in [-0.39, 0.29) is 30.8 Å². The van der Waals surface area contributed by atoms with E-state index >= 15 is 0 Å². The van der Waals surface area contributed by atoms with Crippen LogP contribution in [0.25, 0.3) is 11.8 Å². The van der Waals surface area contributed by atoms with Gasteiger partial charge in [0, 0.05) is 18.4 Å². The van der Waals surface area contributed by atoms with Gasteiger partial charge < -0.3 is 19.0 Å². The van der Waals surface area contributed by atoms with Crippen LogP contribution in [0.1, 0.15) is 37.8 Å². The molecule has 0 radical (unpaired) electrons. The van der Waals surface area contributed by atoms with Gasteiger partial charge in [-0.1, -0.05) is 6.92 Å². The highest BCUT2D eigenvalue weighted by atomic mass is 16.5. The smallest absolute Gasteiger partial charge is 0.339 e. The molecule has 128 valence electrons. The SMILES string of the molecule is CCOC(=O)CCc1c(C)c(=C(/CC)OC)/c(=C\CO)oc1=O. The third-order valence-corrected chi connectivity index (χ3v) is 3.53. The van der Waals surface area contributed by atoms with E-state index in [1.165, 1.54) is 6.08 Å². The number of aliphatic hydroxyl groups is 1. The molecular weight excluding hydrogens is 300 g/mol. The molecule has 0 amide bonds. The molecule has 1 N–H and O–H groups in total. The van der Waals surface area contributed by atoms with Gasteiger partial charge in [0.25, 0.3) is 0 Å². The molecule has 0 atom stereocenters. The van der Waals surface area contributed by atoms with Crippen molar-refractivity contribution in [1.29, 1.82) is 0 Å². The number of hydrogen-bond donors (Lipinski definition) is 1. The number of ether oxygens (including phenoxy) is 2. The molecule has 1 aromatic heterocycles. The standard InChI is InChI=1S/C17H24O6/c1-5-13(21-4)16-11(3)12(7-8-15(19)22-6-2)17(20)23-14(16)9-10-18/h9,18H,5-8,10H2,1-4H3/b14-9+,16-13+. The Kier molecular flexibility index (Phi) is 7.54. The average Bonchev–Trinajstić information content (AvgIpc) is 2.51. The maximum absolute atomic E-state index is 12.2. The van der Waals surface area contributed by atoms with Gasteiger partial charge in [0.2, 0.25) is 0 Å². The zero-order valence-corrected chi connectivity index (χ0v) is 14.1. The second-order valence-electron chi connectivity index (χ2n) is 4.90. The molecule has 1 aromatic rings. The summed E-state index contributed by atoms with van der Waals surface area (Å²) in [6.45, 7) is 5.49. The lowest BCUT2D eigenvalue weighted by Crippen LogP contribution is -2.37. The fourth-order valence-electron chi connectivity index (χ4n) is 2.45. The Morgan fingerprint density at radius 2 is 2.04 bits per heavy atom. The third kappa shape index (κ3) is 4.69.